The van der Waals surface area contributed by atoms with E-state index in [9.17, 15) is 4.79 Å². The van der Waals surface area contributed by atoms with Crippen LogP contribution in [0.4, 0.5) is 0 Å². The predicted molar refractivity (Wildman–Crippen MR) is 52.3 cm³/mol. The van der Waals surface area contributed by atoms with Crippen molar-refractivity contribution in [2.24, 2.45) is 0 Å². The van der Waals surface area contributed by atoms with Gasteiger partial charge in [-0.1, -0.05) is 0 Å². The highest BCUT2D eigenvalue weighted by Gasteiger charge is 2.22. The van der Waals surface area contributed by atoms with E-state index in [0.29, 0.717) is 22.6 Å². The number of ether oxygens (including phenoxy) is 1. The molecule has 1 aromatic rings. The summed E-state index contributed by atoms with van der Waals surface area (Å²) < 4.78 is 5.95. The van der Waals surface area contributed by atoms with E-state index < -0.39 is 5.97 Å². The van der Waals surface area contributed by atoms with E-state index in [1.807, 2.05) is 0 Å². The summed E-state index contributed by atoms with van der Waals surface area (Å²) in [4.78, 5) is 12.3. The summed E-state index contributed by atoms with van der Waals surface area (Å²) >= 11 is 4.63. The molecule has 1 aliphatic rings. The van der Waals surface area contributed by atoms with Gasteiger partial charge >= 0.3 is 5.97 Å². The summed E-state index contributed by atoms with van der Waals surface area (Å²) in [6, 6.07) is 0. The molecule has 5 heteroatoms. The zero-order valence-electron chi connectivity index (χ0n) is 6.67. The Bertz CT molecular complexity index is 359. The van der Waals surface area contributed by atoms with Gasteiger partial charge in [0, 0.05) is 21.3 Å². The quantitative estimate of drug-likeness (QED) is 0.845. The molecule has 2 heterocycles. The van der Waals surface area contributed by atoms with Gasteiger partial charge < -0.3 is 9.84 Å². The molecule has 3 nitrogen and oxygen atoms in total. The Labute approximate surface area is 87.5 Å². The fourth-order valence-corrected chi connectivity index (χ4v) is 3.22. The Morgan fingerprint density at radius 3 is 3.00 bits per heavy atom. The molecular weight excluding hydrogens is 256 g/mol. The Morgan fingerprint density at radius 1 is 1.62 bits per heavy atom. The van der Waals surface area contributed by atoms with E-state index in [1.54, 1.807) is 0 Å². The lowest BCUT2D eigenvalue weighted by Gasteiger charge is -2.11. The van der Waals surface area contributed by atoms with Crippen molar-refractivity contribution in [2.45, 2.75) is 13.0 Å². The Hall–Kier alpha value is -0.390. The van der Waals surface area contributed by atoms with Gasteiger partial charge in [0.25, 0.3) is 0 Å². The molecule has 0 aliphatic carbocycles. The topological polar surface area (TPSA) is 46.5 Å². The molecule has 0 atom stereocenters. The van der Waals surface area contributed by atoms with Gasteiger partial charge in [0.15, 0.2) is 0 Å². The number of fused-ring (bicyclic) bond motifs is 1. The molecule has 1 N–H and O–H groups in total. The number of carboxylic acid groups (broad SMARTS) is 1. The molecule has 0 saturated heterocycles. The summed E-state index contributed by atoms with van der Waals surface area (Å²) in [5.74, 6) is -0.869. The van der Waals surface area contributed by atoms with Crippen LogP contribution >= 0.6 is 27.3 Å². The van der Waals surface area contributed by atoms with Crippen molar-refractivity contribution in [3.05, 3.63) is 19.8 Å². The summed E-state index contributed by atoms with van der Waals surface area (Å²) in [5, 5.41) is 8.85. The SMILES string of the molecule is O=C(O)c1sc2c(c1Br)COCC2. The van der Waals surface area contributed by atoms with Crippen LogP contribution in [-0.4, -0.2) is 17.7 Å². The Morgan fingerprint density at radius 2 is 2.38 bits per heavy atom. The minimum atomic E-state index is -0.869. The van der Waals surface area contributed by atoms with Crippen molar-refractivity contribution >= 4 is 33.2 Å². The first kappa shape index (κ1) is 9.18. The van der Waals surface area contributed by atoms with E-state index >= 15 is 0 Å². The summed E-state index contributed by atoms with van der Waals surface area (Å²) in [7, 11) is 0. The van der Waals surface area contributed by atoms with Crippen molar-refractivity contribution in [1.82, 2.24) is 0 Å². The van der Waals surface area contributed by atoms with Gasteiger partial charge in [0.2, 0.25) is 0 Å². The minimum Gasteiger partial charge on any atom is -0.477 e. The molecule has 1 aliphatic heterocycles. The zero-order valence-corrected chi connectivity index (χ0v) is 9.07. The minimum absolute atomic E-state index is 0.385. The van der Waals surface area contributed by atoms with Crippen molar-refractivity contribution in [2.75, 3.05) is 6.61 Å². The molecule has 0 unspecified atom stereocenters. The second-order valence-corrected chi connectivity index (χ2v) is 4.65. The molecule has 1 aromatic heterocycles. The van der Waals surface area contributed by atoms with Crippen LogP contribution in [0.1, 0.15) is 20.1 Å². The first-order valence-corrected chi connectivity index (χ1v) is 5.42. The fraction of sp³-hybridized carbons (Fsp3) is 0.375. The number of thiophene rings is 1. The van der Waals surface area contributed by atoms with Gasteiger partial charge in [0.1, 0.15) is 4.88 Å². The van der Waals surface area contributed by atoms with Crippen LogP contribution in [0.5, 0.6) is 0 Å². The van der Waals surface area contributed by atoms with E-state index in [4.69, 9.17) is 9.84 Å². The lowest BCUT2D eigenvalue weighted by molar-refractivity contribution is 0.0701. The third-order valence-corrected chi connectivity index (χ3v) is 4.36. The van der Waals surface area contributed by atoms with E-state index in [1.165, 1.54) is 11.3 Å². The smallest absolute Gasteiger partial charge is 0.347 e. The number of rotatable bonds is 1. The normalized spacial score (nSPS) is 15.5. The van der Waals surface area contributed by atoms with Crippen molar-refractivity contribution < 1.29 is 14.6 Å². The van der Waals surface area contributed by atoms with Gasteiger partial charge in [-0.05, 0) is 15.9 Å². The number of hydrogen-bond donors (Lipinski definition) is 1. The summed E-state index contributed by atoms with van der Waals surface area (Å²) in [5.41, 5.74) is 1.01. The second-order valence-electron chi connectivity index (χ2n) is 2.75. The third kappa shape index (κ3) is 1.51. The van der Waals surface area contributed by atoms with E-state index in [-0.39, 0.29) is 0 Å². The van der Waals surface area contributed by atoms with Gasteiger partial charge in [0.05, 0.1) is 13.2 Å². The average molecular weight is 263 g/mol. The molecule has 13 heavy (non-hydrogen) atoms. The molecule has 0 spiro atoms. The van der Waals surface area contributed by atoms with E-state index in [0.717, 1.165) is 16.9 Å². The largest absolute Gasteiger partial charge is 0.477 e. The van der Waals surface area contributed by atoms with Crippen molar-refractivity contribution in [3.63, 3.8) is 0 Å². The maximum atomic E-state index is 10.8. The van der Waals surface area contributed by atoms with Gasteiger partial charge in [-0.3, -0.25) is 0 Å². The molecule has 0 radical (unpaired) electrons. The number of carboxylic acids is 1. The molecule has 70 valence electrons. The van der Waals surface area contributed by atoms with Crippen LogP contribution in [0.15, 0.2) is 4.47 Å². The van der Waals surface area contributed by atoms with Crippen molar-refractivity contribution in [1.29, 1.82) is 0 Å². The summed E-state index contributed by atoms with van der Waals surface area (Å²) in [6.45, 7) is 1.22. The summed E-state index contributed by atoms with van der Waals surface area (Å²) in [6.07, 6.45) is 0.825. The maximum Gasteiger partial charge on any atom is 0.347 e. The number of hydrogen-bond acceptors (Lipinski definition) is 3. The lowest BCUT2D eigenvalue weighted by atomic mass is 10.2. The number of aromatic carboxylic acids is 1. The highest BCUT2D eigenvalue weighted by Crippen LogP contribution is 2.36. The standard InChI is InChI=1S/C8H7BrO3S/c9-6-4-3-12-2-1-5(4)13-7(6)8(10)11/h1-3H2,(H,10,11). The highest BCUT2D eigenvalue weighted by atomic mass is 79.9. The first-order valence-electron chi connectivity index (χ1n) is 3.81. The van der Waals surface area contributed by atoms with Crippen molar-refractivity contribution in [3.8, 4) is 0 Å². The van der Waals surface area contributed by atoms with E-state index in [2.05, 4.69) is 15.9 Å². The highest BCUT2D eigenvalue weighted by molar-refractivity contribution is 9.10. The van der Waals surface area contributed by atoms with Crippen LogP contribution in [0.3, 0.4) is 0 Å². The fourth-order valence-electron chi connectivity index (χ4n) is 1.31. The Balaban J connectivity index is 2.50. The van der Waals surface area contributed by atoms with Gasteiger partial charge in [-0.25, -0.2) is 4.79 Å². The maximum absolute atomic E-state index is 10.8. The molecule has 0 saturated carbocycles. The molecule has 0 amide bonds. The van der Waals surface area contributed by atoms with Gasteiger partial charge in [-0.2, -0.15) is 0 Å². The molecule has 0 fully saturated rings. The van der Waals surface area contributed by atoms with Crippen LogP contribution < -0.4 is 0 Å². The van der Waals surface area contributed by atoms with Gasteiger partial charge in [-0.15, -0.1) is 11.3 Å². The second kappa shape index (κ2) is 3.40. The number of halogens is 1. The molecule has 2 rings (SSSR count). The third-order valence-electron chi connectivity index (χ3n) is 1.94. The molecular formula is C8H7BrO3S. The van der Waals surface area contributed by atoms with Crippen LogP contribution in [-0.2, 0) is 17.8 Å². The average Bonchev–Trinajstić information content (AvgIpc) is 2.45. The van der Waals surface area contributed by atoms with Crippen LogP contribution in [0, 0.1) is 0 Å². The van der Waals surface area contributed by atoms with Crippen LogP contribution in [0.2, 0.25) is 0 Å². The predicted octanol–water partition coefficient (Wildman–Crippen LogP) is 2.28. The molecule has 0 aromatic carbocycles. The Kier molecular flexibility index (Phi) is 2.40. The number of carbonyl (C=O) groups is 1. The van der Waals surface area contributed by atoms with Crippen LogP contribution in [0.25, 0.3) is 0 Å². The monoisotopic (exact) mass is 262 g/mol. The molecule has 0 bridgehead atoms. The first-order chi connectivity index (χ1) is 6.20. The zero-order chi connectivity index (χ0) is 9.42. The lowest BCUT2D eigenvalue weighted by Crippen LogP contribution is -2.06.